The quantitative estimate of drug-likeness (QED) is 0.872. The van der Waals surface area contributed by atoms with E-state index in [1.807, 2.05) is 0 Å². The summed E-state index contributed by atoms with van der Waals surface area (Å²) in [6, 6.07) is 0.991. The smallest absolute Gasteiger partial charge is 0.305 e. The summed E-state index contributed by atoms with van der Waals surface area (Å²) in [5.41, 5.74) is 6.47. The highest BCUT2D eigenvalue weighted by molar-refractivity contribution is 9.10. The summed E-state index contributed by atoms with van der Waals surface area (Å²) in [6.07, 6.45) is -0.192. The number of rotatable bonds is 4. The molecule has 3 N–H and O–H groups in total. The number of nitrogens with two attached hydrogens (primary N) is 1. The van der Waals surface area contributed by atoms with Gasteiger partial charge in [-0.25, -0.2) is 0 Å². The van der Waals surface area contributed by atoms with Gasteiger partial charge in [-0.3, -0.25) is 4.79 Å². The van der Waals surface area contributed by atoms with Gasteiger partial charge in [0.05, 0.1) is 13.5 Å². The Morgan fingerprint density at radius 1 is 1.58 bits per heavy atom. The number of methoxy groups -OCH3 is 1. The van der Waals surface area contributed by atoms with Gasteiger partial charge in [0.2, 0.25) is 0 Å². The topological polar surface area (TPSA) is 91.0 Å². The third-order valence-corrected chi connectivity index (χ3v) is 3.48. The number of hydrogen-bond donors (Lipinski definition) is 2. The number of aliphatic carboxylic acids is 1. The van der Waals surface area contributed by atoms with Crippen LogP contribution in [0.3, 0.4) is 0 Å². The van der Waals surface area contributed by atoms with E-state index in [1.165, 1.54) is 7.11 Å². The molecule has 1 atom stereocenters. The predicted molar refractivity (Wildman–Crippen MR) is 70.9 cm³/mol. The molecular weight excluding hydrogens is 318 g/mol. The number of carboxylic acid groups (broad SMARTS) is 1. The van der Waals surface area contributed by atoms with Gasteiger partial charge in [-0.2, -0.15) is 0 Å². The second-order valence-corrected chi connectivity index (χ2v) is 4.83. The van der Waals surface area contributed by atoms with Crippen molar-refractivity contribution in [2.75, 3.05) is 20.3 Å². The highest BCUT2D eigenvalue weighted by Crippen LogP contribution is 2.47. The SMILES string of the molecule is COc1c(C(N)CC(=O)O)cc2c(c1Br)OCCO2. The highest BCUT2D eigenvalue weighted by Gasteiger charge is 2.25. The van der Waals surface area contributed by atoms with Gasteiger partial charge < -0.3 is 25.1 Å². The number of carbonyl (C=O) groups is 1. The molecule has 104 valence electrons. The molecule has 0 saturated heterocycles. The molecule has 0 amide bonds. The number of hydrogen-bond acceptors (Lipinski definition) is 5. The number of fused-ring (bicyclic) bond motifs is 1. The number of benzene rings is 1. The van der Waals surface area contributed by atoms with Gasteiger partial charge in [0.25, 0.3) is 0 Å². The maximum atomic E-state index is 10.8. The van der Waals surface area contributed by atoms with Gasteiger partial charge in [0.1, 0.15) is 23.4 Å². The highest BCUT2D eigenvalue weighted by atomic mass is 79.9. The van der Waals surface area contributed by atoms with Crippen LogP contribution in [0.2, 0.25) is 0 Å². The molecule has 1 aliphatic heterocycles. The summed E-state index contributed by atoms with van der Waals surface area (Å²) in [4.78, 5) is 10.8. The van der Waals surface area contributed by atoms with Crippen molar-refractivity contribution in [1.82, 2.24) is 0 Å². The van der Waals surface area contributed by atoms with E-state index in [0.29, 0.717) is 40.5 Å². The van der Waals surface area contributed by atoms with Crippen molar-refractivity contribution < 1.29 is 24.1 Å². The van der Waals surface area contributed by atoms with E-state index in [9.17, 15) is 4.79 Å². The molecule has 1 aliphatic rings. The van der Waals surface area contributed by atoms with Crippen LogP contribution in [0.25, 0.3) is 0 Å². The molecule has 0 aromatic heterocycles. The standard InChI is InChI=1S/C12H14BrNO5/c1-17-11-6(7(14)5-9(15)16)4-8-12(10(11)13)19-3-2-18-8/h4,7H,2-3,5,14H2,1H3,(H,15,16). The molecule has 1 unspecified atom stereocenters. The first-order chi connectivity index (χ1) is 9.04. The third-order valence-electron chi connectivity index (χ3n) is 2.76. The van der Waals surface area contributed by atoms with Crippen molar-refractivity contribution in [3.05, 3.63) is 16.1 Å². The van der Waals surface area contributed by atoms with Crippen LogP contribution in [0.1, 0.15) is 18.0 Å². The Balaban J connectivity index is 2.47. The van der Waals surface area contributed by atoms with E-state index in [-0.39, 0.29) is 6.42 Å². The minimum absolute atomic E-state index is 0.192. The number of carboxylic acids is 1. The first kappa shape index (κ1) is 14.0. The van der Waals surface area contributed by atoms with Gasteiger partial charge >= 0.3 is 5.97 Å². The lowest BCUT2D eigenvalue weighted by Gasteiger charge is -2.24. The molecule has 0 spiro atoms. The lowest BCUT2D eigenvalue weighted by molar-refractivity contribution is -0.137. The fraction of sp³-hybridized carbons (Fsp3) is 0.417. The van der Waals surface area contributed by atoms with Crippen LogP contribution in [0.4, 0.5) is 0 Å². The Hall–Kier alpha value is -1.47. The van der Waals surface area contributed by atoms with Gasteiger partial charge in [-0.1, -0.05) is 0 Å². The van der Waals surface area contributed by atoms with Crippen LogP contribution in [0.5, 0.6) is 17.2 Å². The molecule has 0 bridgehead atoms. The summed E-state index contributed by atoms with van der Waals surface area (Å²) in [5.74, 6) is 0.586. The zero-order chi connectivity index (χ0) is 14.0. The summed E-state index contributed by atoms with van der Waals surface area (Å²) in [7, 11) is 1.49. The molecule has 7 heteroatoms. The molecule has 0 saturated carbocycles. The maximum absolute atomic E-state index is 10.8. The first-order valence-electron chi connectivity index (χ1n) is 5.68. The minimum Gasteiger partial charge on any atom is -0.495 e. The van der Waals surface area contributed by atoms with Crippen LogP contribution < -0.4 is 19.9 Å². The lowest BCUT2D eigenvalue weighted by atomic mass is 10.0. The Labute approximate surface area is 118 Å². The molecule has 0 aliphatic carbocycles. The molecule has 1 heterocycles. The van der Waals surface area contributed by atoms with Crippen molar-refractivity contribution in [3.8, 4) is 17.2 Å². The summed E-state index contributed by atoms with van der Waals surface area (Å²) >= 11 is 3.38. The van der Waals surface area contributed by atoms with E-state index in [2.05, 4.69) is 15.9 Å². The van der Waals surface area contributed by atoms with Crippen molar-refractivity contribution in [1.29, 1.82) is 0 Å². The molecule has 2 rings (SSSR count). The fourth-order valence-corrected chi connectivity index (χ4v) is 2.63. The number of ether oxygens (including phenoxy) is 3. The largest absolute Gasteiger partial charge is 0.495 e. The van der Waals surface area contributed by atoms with Crippen LogP contribution in [0, 0.1) is 0 Å². The van der Waals surface area contributed by atoms with Crippen molar-refractivity contribution in [3.63, 3.8) is 0 Å². The van der Waals surface area contributed by atoms with Crippen LogP contribution in [-0.4, -0.2) is 31.4 Å². The van der Waals surface area contributed by atoms with Gasteiger partial charge in [0, 0.05) is 11.6 Å². The maximum Gasteiger partial charge on any atom is 0.305 e. The molecular formula is C12H14BrNO5. The van der Waals surface area contributed by atoms with Crippen LogP contribution >= 0.6 is 15.9 Å². The Bertz CT molecular complexity index is 505. The Kier molecular flexibility index (Phi) is 4.16. The van der Waals surface area contributed by atoms with Crippen molar-refractivity contribution in [2.24, 2.45) is 5.73 Å². The summed E-state index contributed by atoms with van der Waals surface area (Å²) in [5, 5.41) is 8.83. The summed E-state index contributed by atoms with van der Waals surface area (Å²) < 4.78 is 16.9. The van der Waals surface area contributed by atoms with E-state index < -0.39 is 12.0 Å². The molecule has 0 radical (unpaired) electrons. The van der Waals surface area contributed by atoms with Crippen molar-refractivity contribution >= 4 is 21.9 Å². The van der Waals surface area contributed by atoms with Crippen LogP contribution in [-0.2, 0) is 4.79 Å². The second-order valence-electron chi connectivity index (χ2n) is 4.04. The monoisotopic (exact) mass is 331 g/mol. The zero-order valence-corrected chi connectivity index (χ0v) is 11.9. The van der Waals surface area contributed by atoms with E-state index >= 15 is 0 Å². The zero-order valence-electron chi connectivity index (χ0n) is 10.3. The fourth-order valence-electron chi connectivity index (χ4n) is 1.93. The molecule has 0 fully saturated rings. The minimum atomic E-state index is -0.972. The average Bonchev–Trinajstić information content (AvgIpc) is 2.38. The molecule has 6 nitrogen and oxygen atoms in total. The Morgan fingerprint density at radius 2 is 2.26 bits per heavy atom. The number of halogens is 1. The second kappa shape index (κ2) is 5.66. The molecule has 1 aromatic rings. The third kappa shape index (κ3) is 2.76. The van der Waals surface area contributed by atoms with Crippen LogP contribution in [0.15, 0.2) is 10.5 Å². The van der Waals surface area contributed by atoms with E-state index in [0.717, 1.165) is 0 Å². The van der Waals surface area contributed by atoms with E-state index in [4.69, 9.17) is 25.1 Å². The normalized spacial score (nSPS) is 14.9. The van der Waals surface area contributed by atoms with Gasteiger partial charge in [-0.15, -0.1) is 0 Å². The predicted octanol–water partition coefficient (Wildman–Crippen LogP) is 1.70. The lowest BCUT2D eigenvalue weighted by Crippen LogP contribution is -2.19. The first-order valence-corrected chi connectivity index (χ1v) is 6.47. The summed E-state index contributed by atoms with van der Waals surface area (Å²) in [6.45, 7) is 0.897. The average molecular weight is 332 g/mol. The van der Waals surface area contributed by atoms with Gasteiger partial charge in [-0.05, 0) is 22.0 Å². The van der Waals surface area contributed by atoms with Crippen molar-refractivity contribution in [2.45, 2.75) is 12.5 Å². The van der Waals surface area contributed by atoms with Gasteiger partial charge in [0.15, 0.2) is 11.5 Å². The van der Waals surface area contributed by atoms with E-state index in [1.54, 1.807) is 6.07 Å². The molecule has 1 aromatic carbocycles. The Morgan fingerprint density at radius 3 is 2.89 bits per heavy atom. The molecule has 19 heavy (non-hydrogen) atoms.